The van der Waals surface area contributed by atoms with Gasteiger partial charge in [0.25, 0.3) is 0 Å². The Balaban J connectivity index is 1.66. The fourth-order valence-corrected chi connectivity index (χ4v) is 4.54. The van der Waals surface area contributed by atoms with E-state index >= 15 is 0 Å². The number of nitrogens with two attached hydrogens (primary N) is 1. The zero-order valence-electron chi connectivity index (χ0n) is 20.4. The zero-order valence-corrected chi connectivity index (χ0v) is 21.2. The molecule has 0 bridgehead atoms. The van der Waals surface area contributed by atoms with Gasteiger partial charge < -0.3 is 15.2 Å². The zero-order chi connectivity index (χ0) is 26.2. The molecule has 0 atom stereocenters. The molecular formula is C28H25N5O3S. The van der Waals surface area contributed by atoms with Crippen molar-refractivity contribution in [1.82, 2.24) is 14.8 Å². The number of ketones is 1. The topological polar surface area (TPSA) is 116 Å². The molecule has 0 saturated carbocycles. The maximum Gasteiger partial charge on any atom is 0.196 e. The lowest BCUT2D eigenvalue weighted by Crippen LogP contribution is -2.12. The second-order valence-corrected chi connectivity index (χ2v) is 8.88. The molecule has 37 heavy (non-hydrogen) atoms. The van der Waals surface area contributed by atoms with E-state index in [0.29, 0.717) is 28.2 Å². The summed E-state index contributed by atoms with van der Waals surface area (Å²) in [6.07, 6.45) is 0. The molecule has 4 aromatic rings. The van der Waals surface area contributed by atoms with Crippen LogP contribution >= 0.6 is 11.8 Å². The first-order valence-corrected chi connectivity index (χ1v) is 12.4. The lowest BCUT2D eigenvalue weighted by Gasteiger charge is -2.15. The molecule has 1 aromatic heterocycles. The third-order valence-corrected chi connectivity index (χ3v) is 6.40. The van der Waals surface area contributed by atoms with Gasteiger partial charge in [-0.1, -0.05) is 72.4 Å². The highest BCUT2D eigenvalue weighted by atomic mass is 32.2. The van der Waals surface area contributed by atoms with Crippen LogP contribution in [0.4, 0.5) is 0 Å². The molecule has 9 heteroatoms. The summed E-state index contributed by atoms with van der Waals surface area (Å²) < 4.78 is 13.6. The van der Waals surface area contributed by atoms with Gasteiger partial charge in [0, 0.05) is 11.3 Å². The SMILES string of the molecule is COc1ccccc1-n1c(COc2ccccc2-c2ccccc2)nnc1SCC(=O)/C(C#N)=C(\C)N. The Morgan fingerprint density at radius 1 is 1.00 bits per heavy atom. The van der Waals surface area contributed by atoms with Crippen molar-refractivity contribution < 1.29 is 14.3 Å². The average molecular weight is 512 g/mol. The summed E-state index contributed by atoms with van der Waals surface area (Å²) in [4.78, 5) is 12.6. The van der Waals surface area contributed by atoms with Crippen LogP contribution < -0.4 is 15.2 Å². The number of carbonyl (C=O) groups is 1. The molecule has 2 N–H and O–H groups in total. The van der Waals surface area contributed by atoms with Crippen molar-refractivity contribution in [2.24, 2.45) is 5.73 Å². The van der Waals surface area contributed by atoms with Crippen molar-refractivity contribution in [3.8, 4) is 34.4 Å². The van der Waals surface area contributed by atoms with Gasteiger partial charge in [0.15, 0.2) is 16.8 Å². The minimum absolute atomic E-state index is 0.0254. The van der Waals surface area contributed by atoms with Crippen molar-refractivity contribution in [1.29, 1.82) is 5.26 Å². The first kappa shape index (κ1) is 25.5. The van der Waals surface area contributed by atoms with Crippen molar-refractivity contribution in [2.75, 3.05) is 12.9 Å². The number of nitriles is 1. The predicted molar refractivity (Wildman–Crippen MR) is 142 cm³/mol. The number of aromatic nitrogens is 3. The van der Waals surface area contributed by atoms with Crippen LogP contribution in [0.25, 0.3) is 16.8 Å². The maximum absolute atomic E-state index is 12.6. The summed E-state index contributed by atoms with van der Waals surface area (Å²) in [6, 6.07) is 27.1. The lowest BCUT2D eigenvalue weighted by molar-refractivity contribution is -0.112. The molecule has 0 spiro atoms. The summed E-state index contributed by atoms with van der Waals surface area (Å²) in [7, 11) is 1.58. The molecule has 0 aliphatic carbocycles. The fourth-order valence-electron chi connectivity index (χ4n) is 3.71. The number of allylic oxidation sites excluding steroid dienone is 2. The lowest BCUT2D eigenvalue weighted by atomic mass is 10.1. The first-order chi connectivity index (χ1) is 18.0. The van der Waals surface area contributed by atoms with Crippen molar-refractivity contribution in [2.45, 2.75) is 18.7 Å². The molecule has 0 amide bonds. The molecule has 4 rings (SSSR count). The third kappa shape index (κ3) is 5.82. The van der Waals surface area contributed by atoms with Crippen LogP contribution in [0.5, 0.6) is 11.5 Å². The average Bonchev–Trinajstić information content (AvgIpc) is 3.34. The van der Waals surface area contributed by atoms with Gasteiger partial charge in [-0.2, -0.15) is 5.26 Å². The molecule has 0 unspecified atom stereocenters. The Labute approximate surface area is 219 Å². The summed E-state index contributed by atoms with van der Waals surface area (Å²) in [5, 5.41) is 18.4. The number of Topliss-reactive ketones (excluding diaryl/α,β-unsaturated/α-hetero) is 1. The van der Waals surface area contributed by atoms with Gasteiger partial charge >= 0.3 is 0 Å². The Morgan fingerprint density at radius 3 is 2.38 bits per heavy atom. The number of rotatable bonds is 10. The fraction of sp³-hybridized carbons (Fsp3) is 0.143. The molecule has 0 saturated heterocycles. The van der Waals surface area contributed by atoms with E-state index in [2.05, 4.69) is 10.2 Å². The monoisotopic (exact) mass is 511 g/mol. The number of hydrogen-bond donors (Lipinski definition) is 1. The van der Waals surface area contributed by atoms with Crippen LogP contribution in [0.3, 0.4) is 0 Å². The second-order valence-electron chi connectivity index (χ2n) is 7.94. The van der Waals surface area contributed by atoms with Crippen molar-refractivity contribution in [3.63, 3.8) is 0 Å². The normalized spacial score (nSPS) is 11.4. The van der Waals surface area contributed by atoms with Gasteiger partial charge in [-0.25, -0.2) is 0 Å². The molecule has 0 aliphatic heterocycles. The van der Waals surface area contributed by atoms with Crippen LogP contribution in [0.1, 0.15) is 12.7 Å². The van der Waals surface area contributed by atoms with Crippen LogP contribution in [-0.2, 0) is 11.4 Å². The second kappa shape index (κ2) is 11.9. The third-order valence-electron chi connectivity index (χ3n) is 5.47. The minimum atomic E-state index is -0.378. The smallest absolute Gasteiger partial charge is 0.196 e. The minimum Gasteiger partial charge on any atom is -0.495 e. The van der Waals surface area contributed by atoms with Crippen molar-refractivity contribution in [3.05, 3.63) is 96.0 Å². The van der Waals surface area contributed by atoms with E-state index in [1.54, 1.807) is 11.7 Å². The largest absolute Gasteiger partial charge is 0.495 e. The molecule has 3 aromatic carbocycles. The molecule has 8 nitrogen and oxygen atoms in total. The molecule has 0 aliphatic rings. The van der Waals surface area contributed by atoms with Crippen LogP contribution in [0.2, 0.25) is 0 Å². The quantitative estimate of drug-likeness (QED) is 0.181. The molecule has 1 heterocycles. The number of methoxy groups -OCH3 is 1. The van der Waals surface area contributed by atoms with E-state index in [0.717, 1.165) is 22.9 Å². The highest BCUT2D eigenvalue weighted by molar-refractivity contribution is 7.99. The Hall–Kier alpha value is -4.55. The molecule has 0 fully saturated rings. The van der Waals surface area contributed by atoms with E-state index in [9.17, 15) is 10.1 Å². The number of para-hydroxylation sites is 3. The highest BCUT2D eigenvalue weighted by Crippen LogP contribution is 2.32. The summed E-state index contributed by atoms with van der Waals surface area (Å²) in [6.45, 7) is 1.65. The summed E-state index contributed by atoms with van der Waals surface area (Å²) >= 11 is 1.16. The molecule has 186 valence electrons. The van der Waals surface area contributed by atoms with Gasteiger partial charge in [0.2, 0.25) is 0 Å². The van der Waals surface area contributed by atoms with Crippen LogP contribution in [0, 0.1) is 11.3 Å². The predicted octanol–water partition coefficient (Wildman–Crippen LogP) is 4.94. The standard InChI is InChI=1S/C28H25N5O3S/c1-19(30)22(16-29)24(34)18-37-28-32-31-27(33(28)23-13-7-9-15-26(23)35-2)17-36-25-14-8-6-12-21(25)20-10-4-3-5-11-20/h3-15H,17-18,30H2,1-2H3/b22-19+. The van der Waals surface area contributed by atoms with Gasteiger partial charge in [0.1, 0.15) is 29.7 Å². The highest BCUT2D eigenvalue weighted by Gasteiger charge is 2.21. The Bertz CT molecular complexity index is 1470. The number of hydrogen-bond acceptors (Lipinski definition) is 8. The Kier molecular flexibility index (Phi) is 8.23. The van der Waals surface area contributed by atoms with Crippen LogP contribution in [0.15, 0.2) is 95.3 Å². The van der Waals surface area contributed by atoms with Crippen LogP contribution in [-0.4, -0.2) is 33.4 Å². The molecular weight excluding hydrogens is 486 g/mol. The van der Waals surface area contributed by atoms with Gasteiger partial charge in [0.05, 0.1) is 18.6 Å². The van der Waals surface area contributed by atoms with Gasteiger partial charge in [-0.3, -0.25) is 9.36 Å². The summed E-state index contributed by atoms with van der Waals surface area (Å²) in [5.41, 5.74) is 8.51. The maximum atomic E-state index is 12.6. The summed E-state index contributed by atoms with van der Waals surface area (Å²) in [5.74, 6) is 1.43. The van der Waals surface area contributed by atoms with E-state index in [1.807, 2.05) is 84.9 Å². The van der Waals surface area contributed by atoms with E-state index < -0.39 is 0 Å². The van der Waals surface area contributed by atoms with Crippen molar-refractivity contribution >= 4 is 17.5 Å². The number of carbonyl (C=O) groups excluding carboxylic acids is 1. The Morgan fingerprint density at radius 2 is 1.68 bits per heavy atom. The number of benzene rings is 3. The number of ether oxygens (including phenoxy) is 2. The molecule has 0 radical (unpaired) electrons. The van der Waals surface area contributed by atoms with E-state index in [1.165, 1.54) is 6.92 Å². The number of thioether (sulfide) groups is 1. The van der Waals surface area contributed by atoms with Gasteiger partial charge in [-0.05, 0) is 30.7 Å². The van der Waals surface area contributed by atoms with E-state index in [4.69, 9.17) is 15.2 Å². The first-order valence-electron chi connectivity index (χ1n) is 11.4. The number of nitrogens with zero attached hydrogens (tertiary/aromatic N) is 4. The van der Waals surface area contributed by atoms with Gasteiger partial charge in [-0.15, -0.1) is 10.2 Å². The van der Waals surface area contributed by atoms with E-state index in [-0.39, 0.29) is 29.4 Å².